The summed E-state index contributed by atoms with van der Waals surface area (Å²) in [5.74, 6) is 1.51. The number of hydrogen-bond donors (Lipinski definition) is 1. The van der Waals surface area contributed by atoms with Crippen molar-refractivity contribution in [1.82, 2.24) is 9.80 Å². The lowest BCUT2D eigenvalue weighted by atomic mass is 9.85. The van der Waals surface area contributed by atoms with Crippen LogP contribution in [0.15, 0.2) is 54.6 Å². The largest absolute Gasteiger partial charge is 0.508 e. The van der Waals surface area contributed by atoms with Gasteiger partial charge in [0.2, 0.25) is 5.91 Å². The maximum absolute atomic E-state index is 13.2. The van der Waals surface area contributed by atoms with Gasteiger partial charge in [-0.3, -0.25) is 9.69 Å². The summed E-state index contributed by atoms with van der Waals surface area (Å²) in [7, 11) is 0. The fourth-order valence-electron chi connectivity index (χ4n) is 5.76. The van der Waals surface area contributed by atoms with Gasteiger partial charge in [0, 0.05) is 37.6 Å². The summed E-state index contributed by atoms with van der Waals surface area (Å²) in [6.45, 7) is 8.09. The topological polar surface area (TPSA) is 43.8 Å². The number of hydrogen-bond acceptors (Lipinski definition) is 3. The van der Waals surface area contributed by atoms with Gasteiger partial charge in [-0.15, -0.1) is 0 Å². The molecule has 32 heavy (non-hydrogen) atoms. The molecule has 2 bridgehead atoms. The SMILES string of the molecule is CC(C)CC(=O)N(Cc1ccccc1)C(C)CN1C2CC[C@@H]1CC(c1cccc(O)c1)C2. The molecule has 2 heterocycles. The molecule has 4 nitrogen and oxygen atoms in total. The Bertz CT molecular complexity index is 883. The van der Waals surface area contributed by atoms with E-state index in [0.717, 1.165) is 19.4 Å². The number of carbonyl (C=O) groups excluding carboxylic acids is 1. The molecule has 0 radical (unpaired) electrons. The lowest BCUT2D eigenvalue weighted by Crippen LogP contribution is -2.50. The van der Waals surface area contributed by atoms with Gasteiger partial charge in [-0.2, -0.15) is 0 Å². The molecule has 2 aliphatic heterocycles. The van der Waals surface area contributed by atoms with Crippen molar-refractivity contribution in [2.75, 3.05) is 6.54 Å². The first-order valence-corrected chi connectivity index (χ1v) is 12.3. The molecule has 2 aliphatic rings. The van der Waals surface area contributed by atoms with Crippen LogP contribution in [0.3, 0.4) is 0 Å². The van der Waals surface area contributed by atoms with E-state index < -0.39 is 0 Å². The third kappa shape index (κ3) is 5.35. The second kappa shape index (κ2) is 10.1. The minimum atomic E-state index is 0.182. The van der Waals surface area contributed by atoms with Crippen LogP contribution in [-0.2, 0) is 11.3 Å². The minimum Gasteiger partial charge on any atom is -0.508 e. The monoisotopic (exact) mass is 434 g/mol. The molecule has 0 aromatic heterocycles. The van der Waals surface area contributed by atoms with Gasteiger partial charge in [-0.25, -0.2) is 0 Å². The molecule has 2 saturated heterocycles. The van der Waals surface area contributed by atoms with Crippen molar-refractivity contribution in [3.8, 4) is 5.75 Å². The van der Waals surface area contributed by atoms with Gasteiger partial charge in [0.25, 0.3) is 0 Å². The van der Waals surface area contributed by atoms with Crippen molar-refractivity contribution in [2.45, 2.75) is 83.5 Å². The number of phenols is 1. The smallest absolute Gasteiger partial charge is 0.223 e. The molecule has 0 spiro atoms. The summed E-state index contributed by atoms with van der Waals surface area (Å²) in [5.41, 5.74) is 2.47. The second-order valence-electron chi connectivity index (χ2n) is 10.3. The molecule has 1 N–H and O–H groups in total. The first-order chi connectivity index (χ1) is 15.4. The minimum absolute atomic E-state index is 0.182. The van der Waals surface area contributed by atoms with E-state index in [9.17, 15) is 9.90 Å². The van der Waals surface area contributed by atoms with Crippen molar-refractivity contribution >= 4 is 5.91 Å². The van der Waals surface area contributed by atoms with Crippen LogP contribution in [-0.4, -0.2) is 45.5 Å². The molecular formula is C28H38N2O2. The highest BCUT2D eigenvalue weighted by Crippen LogP contribution is 2.43. The molecule has 0 aliphatic carbocycles. The number of phenolic OH excluding ortho intramolecular Hbond substituents is 1. The number of aromatic hydroxyl groups is 1. The van der Waals surface area contributed by atoms with Gasteiger partial charge >= 0.3 is 0 Å². The Morgan fingerprint density at radius 3 is 2.34 bits per heavy atom. The zero-order valence-electron chi connectivity index (χ0n) is 19.8. The lowest BCUT2D eigenvalue weighted by Gasteiger charge is -2.42. The standard InChI is InChI=1S/C28H38N2O2/c1-20(2)14-28(32)29(19-22-8-5-4-6-9-22)21(3)18-30-25-12-13-26(30)16-24(15-25)23-10-7-11-27(31)17-23/h4-11,17,20-21,24-26,31H,12-16,18-19H2,1-3H3/t21?,24?,25-,26?/m1/s1. The summed E-state index contributed by atoms with van der Waals surface area (Å²) in [6, 6.07) is 19.5. The Morgan fingerprint density at radius 2 is 1.72 bits per heavy atom. The Balaban J connectivity index is 1.45. The van der Waals surface area contributed by atoms with Gasteiger partial charge in [0.05, 0.1) is 0 Å². The van der Waals surface area contributed by atoms with E-state index in [-0.39, 0.29) is 11.9 Å². The van der Waals surface area contributed by atoms with Crippen LogP contribution in [0.1, 0.15) is 69.9 Å². The van der Waals surface area contributed by atoms with Crippen molar-refractivity contribution in [1.29, 1.82) is 0 Å². The van der Waals surface area contributed by atoms with E-state index in [1.54, 1.807) is 6.07 Å². The molecule has 2 aromatic carbocycles. The average molecular weight is 435 g/mol. The fraction of sp³-hybridized carbons (Fsp3) is 0.536. The number of benzene rings is 2. The molecule has 4 atom stereocenters. The van der Waals surface area contributed by atoms with Crippen LogP contribution < -0.4 is 0 Å². The quantitative estimate of drug-likeness (QED) is 0.591. The Hall–Kier alpha value is -2.33. The van der Waals surface area contributed by atoms with Crippen molar-refractivity contribution in [3.05, 3.63) is 65.7 Å². The van der Waals surface area contributed by atoms with E-state index >= 15 is 0 Å². The van der Waals surface area contributed by atoms with Crippen LogP contribution >= 0.6 is 0 Å². The molecule has 2 fully saturated rings. The molecule has 4 heteroatoms. The fourth-order valence-corrected chi connectivity index (χ4v) is 5.76. The van der Waals surface area contributed by atoms with Gasteiger partial charge < -0.3 is 10.0 Å². The predicted molar refractivity (Wildman–Crippen MR) is 130 cm³/mol. The van der Waals surface area contributed by atoms with E-state index in [4.69, 9.17) is 0 Å². The van der Waals surface area contributed by atoms with Crippen molar-refractivity contribution in [3.63, 3.8) is 0 Å². The third-order valence-corrected chi connectivity index (χ3v) is 7.33. The van der Waals surface area contributed by atoms with Crippen LogP contribution in [0.5, 0.6) is 5.75 Å². The number of amides is 1. The summed E-state index contributed by atoms with van der Waals surface area (Å²) in [6.07, 6.45) is 5.37. The normalized spacial score (nSPS) is 23.9. The number of carbonyl (C=O) groups is 1. The highest BCUT2D eigenvalue weighted by Gasteiger charge is 2.42. The Kier molecular flexibility index (Phi) is 7.20. The molecule has 0 saturated carbocycles. The summed E-state index contributed by atoms with van der Waals surface area (Å²) in [4.78, 5) is 18.0. The molecule has 1 amide bonds. The maximum Gasteiger partial charge on any atom is 0.223 e. The van der Waals surface area contributed by atoms with Gasteiger partial charge in [0.15, 0.2) is 0 Å². The predicted octanol–water partition coefficient (Wildman–Crippen LogP) is 5.57. The Labute approximate surface area is 193 Å². The van der Waals surface area contributed by atoms with Crippen molar-refractivity contribution < 1.29 is 9.90 Å². The zero-order chi connectivity index (χ0) is 22.7. The number of nitrogens with zero attached hydrogens (tertiary/aromatic N) is 2. The number of rotatable bonds is 8. The average Bonchev–Trinajstić information content (AvgIpc) is 2.99. The highest BCUT2D eigenvalue weighted by atomic mass is 16.3. The molecule has 172 valence electrons. The highest BCUT2D eigenvalue weighted by molar-refractivity contribution is 5.76. The summed E-state index contributed by atoms with van der Waals surface area (Å²) < 4.78 is 0. The van der Waals surface area contributed by atoms with E-state index in [2.05, 4.69) is 60.9 Å². The van der Waals surface area contributed by atoms with Crippen LogP contribution in [0.4, 0.5) is 0 Å². The van der Waals surface area contributed by atoms with Gasteiger partial charge in [-0.05, 0) is 67.7 Å². The van der Waals surface area contributed by atoms with Crippen LogP contribution in [0.2, 0.25) is 0 Å². The summed E-state index contributed by atoms with van der Waals surface area (Å²) >= 11 is 0. The second-order valence-corrected chi connectivity index (χ2v) is 10.3. The lowest BCUT2D eigenvalue weighted by molar-refractivity contribution is -0.135. The zero-order valence-corrected chi connectivity index (χ0v) is 19.8. The first kappa shape index (κ1) is 22.8. The van der Waals surface area contributed by atoms with Crippen LogP contribution in [0, 0.1) is 5.92 Å². The van der Waals surface area contributed by atoms with Crippen LogP contribution in [0.25, 0.3) is 0 Å². The summed E-state index contributed by atoms with van der Waals surface area (Å²) in [5, 5.41) is 9.91. The van der Waals surface area contributed by atoms with Crippen molar-refractivity contribution in [2.24, 2.45) is 5.92 Å². The van der Waals surface area contributed by atoms with Gasteiger partial charge in [0.1, 0.15) is 5.75 Å². The van der Waals surface area contributed by atoms with E-state index in [1.807, 2.05) is 18.2 Å². The molecule has 2 aromatic rings. The number of fused-ring (bicyclic) bond motifs is 2. The van der Waals surface area contributed by atoms with Gasteiger partial charge in [-0.1, -0.05) is 56.3 Å². The molecule has 4 rings (SSSR count). The van der Waals surface area contributed by atoms with E-state index in [1.165, 1.54) is 24.0 Å². The molecular weight excluding hydrogens is 396 g/mol. The van der Waals surface area contributed by atoms with E-state index in [0.29, 0.717) is 42.6 Å². The third-order valence-electron chi connectivity index (χ3n) is 7.33. The number of piperidine rings is 1. The molecule has 3 unspecified atom stereocenters. The first-order valence-electron chi connectivity index (χ1n) is 12.3. The maximum atomic E-state index is 13.2. The Morgan fingerprint density at radius 1 is 1.03 bits per heavy atom.